The average molecular weight is 259 g/mol. The first kappa shape index (κ1) is 11.8. The number of hydrogen-bond acceptors (Lipinski definition) is 2. The molecule has 0 spiro atoms. The number of hydrogen-bond donors (Lipinski definition) is 1. The minimum absolute atomic E-state index is 0.349. The quantitative estimate of drug-likeness (QED) is 0.797. The van der Waals surface area contributed by atoms with E-state index in [1.54, 1.807) is 11.5 Å². The van der Waals surface area contributed by atoms with Crippen molar-refractivity contribution in [2.75, 3.05) is 0 Å². The van der Waals surface area contributed by atoms with Crippen LogP contribution in [0.2, 0.25) is 0 Å². The largest absolute Gasteiger partial charge is 0.416 e. The molecule has 0 aliphatic heterocycles. The molecular weight excluding hydrogens is 251 g/mol. The van der Waals surface area contributed by atoms with Crippen molar-refractivity contribution in [1.29, 1.82) is 0 Å². The van der Waals surface area contributed by atoms with Crippen LogP contribution in [0.3, 0.4) is 0 Å². The predicted octanol–water partition coefficient (Wildman–Crippen LogP) is 3.26. The molecule has 17 heavy (non-hydrogen) atoms. The van der Waals surface area contributed by atoms with Gasteiger partial charge in [-0.05, 0) is 43.4 Å². The van der Waals surface area contributed by atoms with Crippen molar-refractivity contribution >= 4 is 12.2 Å². The molecule has 2 rings (SSSR count). The summed E-state index contributed by atoms with van der Waals surface area (Å²) in [6.07, 6.45) is -4.33. The van der Waals surface area contributed by atoms with Crippen LogP contribution < -0.4 is 0 Å². The van der Waals surface area contributed by atoms with E-state index in [0.29, 0.717) is 16.3 Å². The van der Waals surface area contributed by atoms with Crippen LogP contribution in [0.4, 0.5) is 13.2 Å². The number of H-pyrrole nitrogens is 1. The van der Waals surface area contributed by atoms with Crippen LogP contribution in [0.1, 0.15) is 11.4 Å². The van der Waals surface area contributed by atoms with Crippen molar-refractivity contribution in [1.82, 2.24) is 14.8 Å². The first-order valence-corrected chi connectivity index (χ1v) is 5.12. The molecule has 0 aliphatic rings. The molecule has 3 nitrogen and oxygen atoms in total. The van der Waals surface area contributed by atoms with Gasteiger partial charge in [-0.15, -0.1) is 0 Å². The zero-order chi connectivity index (χ0) is 12.6. The molecule has 0 atom stereocenters. The van der Waals surface area contributed by atoms with E-state index < -0.39 is 11.7 Å². The van der Waals surface area contributed by atoms with Crippen molar-refractivity contribution < 1.29 is 13.2 Å². The number of aromatic amines is 1. The van der Waals surface area contributed by atoms with Gasteiger partial charge in [0.15, 0.2) is 4.77 Å². The highest BCUT2D eigenvalue weighted by molar-refractivity contribution is 7.71. The minimum atomic E-state index is -4.33. The van der Waals surface area contributed by atoms with Crippen LogP contribution in [0, 0.1) is 11.7 Å². The van der Waals surface area contributed by atoms with Crippen LogP contribution >= 0.6 is 12.2 Å². The van der Waals surface area contributed by atoms with Crippen LogP contribution in [0.5, 0.6) is 0 Å². The van der Waals surface area contributed by atoms with Gasteiger partial charge >= 0.3 is 6.18 Å². The van der Waals surface area contributed by atoms with Crippen molar-refractivity contribution in [3.8, 4) is 5.69 Å². The van der Waals surface area contributed by atoms with Gasteiger partial charge in [0.1, 0.15) is 5.82 Å². The molecule has 1 heterocycles. The fourth-order valence-electron chi connectivity index (χ4n) is 1.48. The van der Waals surface area contributed by atoms with Gasteiger partial charge in [0, 0.05) is 5.69 Å². The molecule has 90 valence electrons. The van der Waals surface area contributed by atoms with E-state index in [0.717, 1.165) is 12.1 Å². The van der Waals surface area contributed by atoms with Crippen LogP contribution in [0.15, 0.2) is 24.3 Å². The third-order valence-electron chi connectivity index (χ3n) is 2.29. The van der Waals surface area contributed by atoms with E-state index in [1.807, 2.05) is 0 Å². The Morgan fingerprint density at radius 3 is 2.24 bits per heavy atom. The Balaban J connectivity index is 2.47. The summed E-state index contributed by atoms with van der Waals surface area (Å²) in [5.41, 5.74) is -0.136. The van der Waals surface area contributed by atoms with Gasteiger partial charge in [0.2, 0.25) is 0 Å². The number of benzene rings is 1. The molecule has 0 saturated carbocycles. The van der Waals surface area contributed by atoms with Crippen LogP contribution in [-0.2, 0) is 6.18 Å². The highest BCUT2D eigenvalue weighted by atomic mass is 32.1. The molecule has 0 unspecified atom stereocenters. The molecule has 7 heteroatoms. The second kappa shape index (κ2) is 3.99. The topological polar surface area (TPSA) is 33.6 Å². The number of nitrogens with one attached hydrogen (secondary N) is 1. The van der Waals surface area contributed by atoms with E-state index in [9.17, 15) is 13.2 Å². The molecule has 1 aromatic heterocycles. The first-order chi connectivity index (χ1) is 7.89. The summed E-state index contributed by atoms with van der Waals surface area (Å²) in [6, 6.07) is 4.76. The van der Waals surface area contributed by atoms with E-state index >= 15 is 0 Å². The Morgan fingerprint density at radius 2 is 1.82 bits per heavy atom. The molecule has 0 fully saturated rings. The fourth-order valence-corrected chi connectivity index (χ4v) is 1.76. The second-order valence-corrected chi connectivity index (χ2v) is 3.84. The number of aromatic nitrogens is 3. The third kappa shape index (κ3) is 2.23. The summed E-state index contributed by atoms with van der Waals surface area (Å²) in [7, 11) is 0. The van der Waals surface area contributed by atoms with E-state index in [2.05, 4.69) is 10.2 Å². The Hall–Kier alpha value is -1.63. The smallest absolute Gasteiger partial charge is 0.272 e. The molecule has 0 radical (unpaired) electrons. The van der Waals surface area contributed by atoms with Gasteiger partial charge in [-0.2, -0.15) is 18.3 Å². The number of rotatable bonds is 1. The standard InChI is InChI=1S/C10H8F3N3S/c1-6-14-15-9(17)16(6)8-4-2-7(3-5-8)10(11,12)13/h2-5H,1H3,(H,15,17). The Kier molecular flexibility index (Phi) is 2.78. The lowest BCUT2D eigenvalue weighted by Gasteiger charge is -2.08. The van der Waals surface area contributed by atoms with Gasteiger partial charge in [-0.3, -0.25) is 9.67 Å². The van der Waals surface area contributed by atoms with Gasteiger partial charge in [0.05, 0.1) is 5.56 Å². The molecule has 0 saturated heterocycles. The van der Waals surface area contributed by atoms with Crippen molar-refractivity contribution in [2.45, 2.75) is 13.1 Å². The lowest BCUT2D eigenvalue weighted by Crippen LogP contribution is -2.05. The van der Waals surface area contributed by atoms with Gasteiger partial charge in [-0.25, -0.2) is 0 Å². The number of nitrogens with zero attached hydrogens (tertiary/aromatic N) is 2. The lowest BCUT2D eigenvalue weighted by molar-refractivity contribution is -0.137. The third-order valence-corrected chi connectivity index (χ3v) is 2.57. The van der Waals surface area contributed by atoms with Crippen LogP contribution in [0.25, 0.3) is 5.69 Å². The van der Waals surface area contributed by atoms with E-state index in [4.69, 9.17) is 12.2 Å². The lowest BCUT2D eigenvalue weighted by atomic mass is 10.2. The maximum atomic E-state index is 12.4. The van der Waals surface area contributed by atoms with E-state index in [1.165, 1.54) is 12.1 Å². The van der Waals surface area contributed by atoms with E-state index in [-0.39, 0.29) is 0 Å². The molecule has 0 amide bonds. The predicted molar refractivity (Wildman–Crippen MR) is 58.5 cm³/mol. The number of aryl methyl sites for hydroxylation is 1. The molecule has 1 aromatic carbocycles. The maximum Gasteiger partial charge on any atom is 0.416 e. The SMILES string of the molecule is Cc1n[nH]c(=S)n1-c1ccc(C(F)(F)F)cc1. The molecular formula is C10H8F3N3S. The molecule has 2 aromatic rings. The Morgan fingerprint density at radius 1 is 1.24 bits per heavy atom. The summed E-state index contributed by atoms with van der Waals surface area (Å²) in [5, 5.41) is 6.46. The highest BCUT2D eigenvalue weighted by Crippen LogP contribution is 2.29. The summed E-state index contributed by atoms with van der Waals surface area (Å²) in [5.74, 6) is 0.592. The highest BCUT2D eigenvalue weighted by Gasteiger charge is 2.30. The molecule has 0 aliphatic carbocycles. The molecule has 1 N–H and O–H groups in total. The Bertz CT molecular complexity index is 580. The van der Waals surface area contributed by atoms with Crippen molar-refractivity contribution in [2.24, 2.45) is 0 Å². The zero-order valence-corrected chi connectivity index (χ0v) is 9.56. The number of alkyl halides is 3. The summed E-state index contributed by atoms with van der Waals surface area (Å²) in [4.78, 5) is 0. The summed E-state index contributed by atoms with van der Waals surface area (Å²) in [6.45, 7) is 1.71. The summed E-state index contributed by atoms with van der Waals surface area (Å²) < 4.78 is 39.0. The normalized spacial score (nSPS) is 11.8. The fraction of sp³-hybridized carbons (Fsp3) is 0.200. The first-order valence-electron chi connectivity index (χ1n) is 4.71. The number of halogens is 3. The van der Waals surface area contributed by atoms with Crippen molar-refractivity contribution in [3.05, 3.63) is 40.4 Å². The average Bonchev–Trinajstić information content (AvgIpc) is 2.58. The Labute approximate surface area is 99.9 Å². The van der Waals surface area contributed by atoms with Gasteiger partial charge in [-0.1, -0.05) is 0 Å². The monoisotopic (exact) mass is 259 g/mol. The minimum Gasteiger partial charge on any atom is -0.272 e. The maximum absolute atomic E-state index is 12.4. The van der Waals surface area contributed by atoms with Gasteiger partial charge < -0.3 is 0 Å². The summed E-state index contributed by atoms with van der Waals surface area (Å²) >= 11 is 4.98. The van der Waals surface area contributed by atoms with Crippen molar-refractivity contribution in [3.63, 3.8) is 0 Å². The molecule has 0 bridgehead atoms. The van der Waals surface area contributed by atoms with Gasteiger partial charge in [0.25, 0.3) is 0 Å². The zero-order valence-electron chi connectivity index (χ0n) is 8.75. The second-order valence-electron chi connectivity index (χ2n) is 3.46. The van der Waals surface area contributed by atoms with Crippen LogP contribution in [-0.4, -0.2) is 14.8 Å².